The van der Waals surface area contributed by atoms with Gasteiger partial charge in [0, 0.05) is 4.86 Å². The van der Waals surface area contributed by atoms with Crippen molar-refractivity contribution < 1.29 is 4.21 Å². The van der Waals surface area contributed by atoms with Crippen LogP contribution in [0.4, 0.5) is 0 Å². The molecule has 0 spiro atoms. The van der Waals surface area contributed by atoms with Gasteiger partial charge < -0.3 is 6.92 Å². The molecule has 0 saturated carbocycles. The molecule has 0 aromatic rings. The molecule has 0 atom stereocenters. The number of hydrogen-bond donors (Lipinski definition) is 0. The lowest BCUT2D eigenvalue weighted by molar-refractivity contribution is 0.700. The van der Waals surface area contributed by atoms with Crippen molar-refractivity contribution in [3.63, 3.8) is 0 Å². The fourth-order valence-corrected chi connectivity index (χ4v) is 0.375. The van der Waals surface area contributed by atoms with E-state index < -0.39 is 0 Å². The summed E-state index contributed by atoms with van der Waals surface area (Å²) in [6.45, 7) is 7.06. The maximum absolute atomic E-state index is 9.89. The van der Waals surface area contributed by atoms with Gasteiger partial charge in [-0.05, 0) is 0 Å². The molecular formula is C5H8OS. The van der Waals surface area contributed by atoms with Crippen LogP contribution in [0.5, 0.6) is 0 Å². The van der Waals surface area contributed by atoms with E-state index in [2.05, 4.69) is 13.8 Å². The van der Waals surface area contributed by atoms with E-state index in [0.29, 0.717) is 24.1 Å². The lowest BCUT2D eigenvalue weighted by Crippen LogP contribution is -1.90. The fraction of sp³-hybridized carbons (Fsp3) is 0.400. The van der Waals surface area contributed by atoms with Crippen molar-refractivity contribution in [2.24, 2.45) is 0 Å². The Kier molecular flexibility index (Phi) is 3.80. The van der Waals surface area contributed by atoms with Crippen LogP contribution in [0.1, 0.15) is 12.8 Å². The second-order valence-electron chi connectivity index (χ2n) is 1.12. The van der Waals surface area contributed by atoms with Crippen LogP contribution >= 0.6 is 0 Å². The molecule has 0 bridgehead atoms. The standard InChI is InChI=1S/C5H8OS/c1-3-5(4-2)7-6/h1-4H2. The molecular weight excluding hydrogens is 108 g/mol. The number of hydrogen-bond acceptors (Lipinski definition) is 1. The molecule has 0 aliphatic carbocycles. The first-order valence-corrected chi connectivity index (χ1v) is 2.82. The van der Waals surface area contributed by atoms with Gasteiger partial charge in [-0.1, -0.05) is 0 Å². The highest BCUT2D eigenvalue weighted by atomic mass is 32.1. The van der Waals surface area contributed by atoms with Crippen LogP contribution in [0.25, 0.3) is 0 Å². The molecule has 2 heteroatoms. The molecule has 40 valence electrons. The molecule has 0 fully saturated rings. The van der Waals surface area contributed by atoms with E-state index in [1.165, 1.54) is 0 Å². The van der Waals surface area contributed by atoms with E-state index in [1.54, 1.807) is 0 Å². The second kappa shape index (κ2) is 3.93. The molecule has 0 amide bonds. The molecule has 0 aliphatic heterocycles. The third-order valence-corrected chi connectivity index (χ3v) is 1.32. The molecule has 0 heterocycles. The average Bonchev–Trinajstić information content (AvgIpc) is 1.72. The van der Waals surface area contributed by atoms with Crippen molar-refractivity contribution >= 4 is 16.1 Å². The Labute approximate surface area is 47.8 Å². The van der Waals surface area contributed by atoms with Gasteiger partial charge in [0.15, 0.2) is 0 Å². The maximum atomic E-state index is 9.89. The SMILES string of the molecule is [CH2+]CC(C[CH2-])=S=O. The predicted octanol–water partition coefficient (Wildman–Crippen LogP) is 0.820. The van der Waals surface area contributed by atoms with Crippen molar-refractivity contribution in [1.29, 1.82) is 0 Å². The highest BCUT2D eigenvalue weighted by molar-refractivity contribution is 7.66. The molecule has 0 aliphatic rings. The summed E-state index contributed by atoms with van der Waals surface area (Å²) in [6, 6.07) is 0. The molecule has 0 rings (SSSR count). The molecule has 7 heavy (non-hydrogen) atoms. The van der Waals surface area contributed by atoms with Gasteiger partial charge in [0.05, 0.1) is 18.2 Å². The van der Waals surface area contributed by atoms with E-state index in [0.717, 1.165) is 4.86 Å². The van der Waals surface area contributed by atoms with Crippen LogP contribution in [0, 0.1) is 13.8 Å². The zero-order valence-corrected chi connectivity index (χ0v) is 4.96. The molecule has 0 unspecified atom stereocenters. The van der Waals surface area contributed by atoms with Crippen LogP contribution in [0.3, 0.4) is 0 Å². The van der Waals surface area contributed by atoms with Gasteiger partial charge >= 0.3 is 0 Å². The number of rotatable bonds is 2. The molecule has 0 N–H and O–H groups in total. The second-order valence-corrected chi connectivity index (χ2v) is 1.87. The minimum absolute atomic E-state index is 0.512. The first-order valence-electron chi connectivity index (χ1n) is 2.08. The summed E-state index contributed by atoms with van der Waals surface area (Å²) in [4.78, 5) is 0.819. The molecule has 0 aromatic heterocycles. The van der Waals surface area contributed by atoms with Crippen molar-refractivity contribution in [2.45, 2.75) is 12.8 Å². The predicted molar refractivity (Wildman–Crippen MR) is 33.1 cm³/mol. The Morgan fingerprint density at radius 1 is 1.86 bits per heavy atom. The van der Waals surface area contributed by atoms with Crippen molar-refractivity contribution in [3.8, 4) is 0 Å². The van der Waals surface area contributed by atoms with E-state index in [-0.39, 0.29) is 0 Å². The van der Waals surface area contributed by atoms with Crippen LogP contribution in [-0.4, -0.2) is 9.07 Å². The normalized spacial score (nSPS) is 8.14. The fourth-order valence-electron chi connectivity index (χ4n) is 0.208. The summed E-state index contributed by atoms with van der Waals surface area (Å²) < 4.78 is 9.89. The minimum atomic E-state index is 0.512. The minimum Gasteiger partial charge on any atom is -0.338 e. The third-order valence-electron chi connectivity index (χ3n) is 0.676. The van der Waals surface area contributed by atoms with Crippen LogP contribution in [0.2, 0.25) is 0 Å². The highest BCUT2D eigenvalue weighted by Gasteiger charge is 1.86. The van der Waals surface area contributed by atoms with Crippen LogP contribution in [-0.2, 0) is 11.3 Å². The lowest BCUT2D eigenvalue weighted by atomic mass is 10.3. The lowest BCUT2D eigenvalue weighted by Gasteiger charge is -1.87. The van der Waals surface area contributed by atoms with Crippen molar-refractivity contribution in [3.05, 3.63) is 13.8 Å². The Balaban J connectivity index is 3.61. The Morgan fingerprint density at radius 2 is 2.43 bits per heavy atom. The van der Waals surface area contributed by atoms with Crippen LogP contribution in [0.15, 0.2) is 0 Å². The summed E-state index contributed by atoms with van der Waals surface area (Å²) in [5.74, 6) is 0. The van der Waals surface area contributed by atoms with E-state index in [9.17, 15) is 4.21 Å². The Hall–Kier alpha value is -0.240. The van der Waals surface area contributed by atoms with E-state index in [1.807, 2.05) is 0 Å². The van der Waals surface area contributed by atoms with Gasteiger partial charge in [-0.15, -0.1) is 6.42 Å². The van der Waals surface area contributed by atoms with Crippen molar-refractivity contribution in [1.82, 2.24) is 0 Å². The van der Waals surface area contributed by atoms with Gasteiger partial charge in [0.2, 0.25) is 0 Å². The topological polar surface area (TPSA) is 17.1 Å². The van der Waals surface area contributed by atoms with Gasteiger partial charge in [-0.25, -0.2) is 4.21 Å². The molecule has 0 radical (unpaired) electrons. The third kappa shape index (κ3) is 2.45. The van der Waals surface area contributed by atoms with E-state index in [4.69, 9.17) is 0 Å². The zero-order valence-electron chi connectivity index (χ0n) is 4.14. The first-order chi connectivity index (χ1) is 3.35. The average molecular weight is 116 g/mol. The quantitative estimate of drug-likeness (QED) is 0.385. The monoisotopic (exact) mass is 116 g/mol. The summed E-state index contributed by atoms with van der Waals surface area (Å²) in [5, 5.41) is 0. The molecule has 0 aromatic carbocycles. The highest BCUT2D eigenvalue weighted by Crippen LogP contribution is 1.83. The summed E-state index contributed by atoms with van der Waals surface area (Å²) >= 11 is 0.512. The maximum Gasteiger partial charge on any atom is 0.116 e. The summed E-state index contributed by atoms with van der Waals surface area (Å²) in [7, 11) is 0. The summed E-state index contributed by atoms with van der Waals surface area (Å²) in [5.41, 5.74) is 0. The van der Waals surface area contributed by atoms with Crippen LogP contribution < -0.4 is 0 Å². The van der Waals surface area contributed by atoms with Gasteiger partial charge in [-0.3, -0.25) is 0 Å². The van der Waals surface area contributed by atoms with Crippen molar-refractivity contribution in [2.75, 3.05) is 0 Å². The summed E-state index contributed by atoms with van der Waals surface area (Å²) in [6.07, 6.45) is 1.22. The Bertz CT molecular complexity index is 86.3. The first kappa shape index (κ1) is 6.76. The smallest absolute Gasteiger partial charge is 0.116 e. The zero-order chi connectivity index (χ0) is 5.70. The van der Waals surface area contributed by atoms with E-state index >= 15 is 0 Å². The van der Waals surface area contributed by atoms with Gasteiger partial charge in [0.25, 0.3) is 0 Å². The molecule has 0 saturated heterocycles. The Morgan fingerprint density at radius 3 is 2.43 bits per heavy atom. The van der Waals surface area contributed by atoms with Gasteiger partial charge in [-0.2, -0.15) is 0 Å². The van der Waals surface area contributed by atoms with Gasteiger partial charge in [0.1, 0.15) is 6.42 Å². The molecule has 1 nitrogen and oxygen atoms in total. The largest absolute Gasteiger partial charge is 0.338 e.